The molecule has 6 heteroatoms. The number of para-hydroxylation sites is 2. The molecule has 1 aromatic rings. The molecule has 1 fully saturated rings. The van der Waals surface area contributed by atoms with Gasteiger partial charge in [0.15, 0.2) is 0 Å². The maximum absolute atomic E-state index is 11.8. The zero-order valence-electron chi connectivity index (χ0n) is 13.4. The molecule has 0 unspecified atom stereocenters. The first kappa shape index (κ1) is 17.1. The van der Waals surface area contributed by atoms with Gasteiger partial charge in [-0.15, -0.1) is 0 Å². The van der Waals surface area contributed by atoms with Gasteiger partial charge in [-0.25, -0.2) is 4.79 Å². The van der Waals surface area contributed by atoms with Gasteiger partial charge in [-0.3, -0.25) is 4.79 Å². The molecule has 0 heterocycles. The van der Waals surface area contributed by atoms with Crippen LogP contribution in [0.15, 0.2) is 24.3 Å². The van der Waals surface area contributed by atoms with E-state index in [1.54, 1.807) is 12.1 Å². The third-order valence-corrected chi connectivity index (χ3v) is 4.04. The predicted octanol–water partition coefficient (Wildman–Crippen LogP) is 2.62. The SMILES string of the molecule is Nc1ccccc1NC(=O)CCCNC(=O)NC1CCCCC1. The van der Waals surface area contributed by atoms with Crippen molar-refractivity contribution in [3.8, 4) is 0 Å². The Morgan fingerprint density at radius 1 is 1.13 bits per heavy atom. The van der Waals surface area contributed by atoms with E-state index in [-0.39, 0.29) is 11.9 Å². The van der Waals surface area contributed by atoms with Crippen molar-refractivity contribution in [3.05, 3.63) is 24.3 Å². The van der Waals surface area contributed by atoms with Crippen molar-refractivity contribution >= 4 is 23.3 Å². The van der Waals surface area contributed by atoms with Crippen molar-refractivity contribution in [1.82, 2.24) is 10.6 Å². The molecule has 23 heavy (non-hydrogen) atoms. The number of nitrogens with two attached hydrogens (primary N) is 1. The van der Waals surface area contributed by atoms with Gasteiger partial charge in [0, 0.05) is 19.0 Å². The molecule has 0 atom stereocenters. The molecule has 2 rings (SSSR count). The summed E-state index contributed by atoms with van der Waals surface area (Å²) in [7, 11) is 0. The summed E-state index contributed by atoms with van der Waals surface area (Å²) in [5.74, 6) is -0.0996. The maximum Gasteiger partial charge on any atom is 0.315 e. The van der Waals surface area contributed by atoms with E-state index in [2.05, 4.69) is 16.0 Å². The Morgan fingerprint density at radius 3 is 2.61 bits per heavy atom. The van der Waals surface area contributed by atoms with Crippen LogP contribution in [0.2, 0.25) is 0 Å². The van der Waals surface area contributed by atoms with Crippen molar-refractivity contribution in [3.63, 3.8) is 0 Å². The number of urea groups is 1. The van der Waals surface area contributed by atoms with Gasteiger partial charge in [0.2, 0.25) is 5.91 Å². The Balaban J connectivity index is 1.58. The standard InChI is InChI=1S/C17H26N4O2/c18-14-9-4-5-10-15(14)21-16(22)11-6-12-19-17(23)20-13-7-2-1-3-8-13/h4-5,9-10,13H,1-3,6-8,11-12,18H2,(H,21,22)(H2,19,20,23). The predicted molar refractivity (Wildman–Crippen MR) is 92.1 cm³/mol. The highest BCUT2D eigenvalue weighted by atomic mass is 16.2. The van der Waals surface area contributed by atoms with E-state index in [1.165, 1.54) is 19.3 Å². The lowest BCUT2D eigenvalue weighted by atomic mass is 9.96. The van der Waals surface area contributed by atoms with Crippen LogP contribution in [0.1, 0.15) is 44.9 Å². The van der Waals surface area contributed by atoms with Crippen LogP contribution in [-0.4, -0.2) is 24.5 Å². The minimum Gasteiger partial charge on any atom is -0.397 e. The first-order valence-electron chi connectivity index (χ1n) is 8.34. The molecule has 0 spiro atoms. The number of carbonyl (C=O) groups is 2. The molecule has 0 saturated heterocycles. The molecule has 0 bridgehead atoms. The molecule has 1 aliphatic carbocycles. The quantitative estimate of drug-likeness (QED) is 0.479. The normalized spacial score (nSPS) is 15.0. The number of nitrogens with one attached hydrogen (secondary N) is 3. The highest BCUT2D eigenvalue weighted by Gasteiger charge is 2.15. The van der Waals surface area contributed by atoms with Gasteiger partial charge in [-0.1, -0.05) is 31.4 Å². The second-order valence-corrected chi connectivity index (χ2v) is 5.97. The van der Waals surface area contributed by atoms with Crippen LogP contribution < -0.4 is 21.7 Å². The zero-order valence-corrected chi connectivity index (χ0v) is 13.4. The highest BCUT2D eigenvalue weighted by molar-refractivity contribution is 5.93. The van der Waals surface area contributed by atoms with Gasteiger partial charge in [-0.05, 0) is 31.4 Å². The van der Waals surface area contributed by atoms with Crippen LogP contribution in [0, 0.1) is 0 Å². The minimum absolute atomic E-state index is 0.0996. The maximum atomic E-state index is 11.8. The fourth-order valence-corrected chi connectivity index (χ4v) is 2.76. The molecule has 3 amide bonds. The summed E-state index contributed by atoms with van der Waals surface area (Å²) in [4.78, 5) is 23.6. The summed E-state index contributed by atoms with van der Waals surface area (Å²) in [6.07, 6.45) is 6.71. The van der Waals surface area contributed by atoms with Crippen LogP contribution in [0.3, 0.4) is 0 Å². The van der Waals surface area contributed by atoms with Gasteiger partial charge in [0.25, 0.3) is 0 Å². The third-order valence-electron chi connectivity index (χ3n) is 4.04. The topological polar surface area (TPSA) is 96.2 Å². The van der Waals surface area contributed by atoms with Crippen molar-refractivity contribution in [2.45, 2.75) is 51.0 Å². The third kappa shape index (κ3) is 6.18. The van der Waals surface area contributed by atoms with Gasteiger partial charge in [0.1, 0.15) is 0 Å². The number of carbonyl (C=O) groups excluding carboxylic acids is 2. The number of hydrogen-bond donors (Lipinski definition) is 4. The van der Waals surface area contributed by atoms with Crippen LogP contribution in [0.5, 0.6) is 0 Å². The van der Waals surface area contributed by atoms with E-state index in [9.17, 15) is 9.59 Å². The Labute approximate surface area is 137 Å². The smallest absolute Gasteiger partial charge is 0.315 e. The highest BCUT2D eigenvalue weighted by Crippen LogP contribution is 2.17. The fraction of sp³-hybridized carbons (Fsp3) is 0.529. The summed E-state index contributed by atoms with van der Waals surface area (Å²) in [6.45, 7) is 0.482. The molecular weight excluding hydrogens is 292 g/mol. The van der Waals surface area contributed by atoms with Gasteiger partial charge < -0.3 is 21.7 Å². The van der Waals surface area contributed by atoms with E-state index in [4.69, 9.17) is 5.73 Å². The van der Waals surface area contributed by atoms with Gasteiger partial charge in [-0.2, -0.15) is 0 Å². The number of anilines is 2. The number of benzene rings is 1. The summed E-state index contributed by atoms with van der Waals surface area (Å²) in [6, 6.07) is 7.32. The first-order chi connectivity index (χ1) is 11.1. The Morgan fingerprint density at radius 2 is 1.87 bits per heavy atom. The van der Waals surface area contributed by atoms with Crippen LogP contribution in [0.4, 0.5) is 16.2 Å². The van der Waals surface area contributed by atoms with Gasteiger partial charge >= 0.3 is 6.03 Å². The van der Waals surface area contributed by atoms with Gasteiger partial charge in [0.05, 0.1) is 11.4 Å². The van der Waals surface area contributed by atoms with Crippen molar-refractivity contribution in [2.24, 2.45) is 0 Å². The molecule has 1 saturated carbocycles. The summed E-state index contributed by atoms with van der Waals surface area (Å²) in [5, 5.41) is 8.56. The van der Waals surface area contributed by atoms with E-state index in [1.807, 2.05) is 12.1 Å². The second-order valence-electron chi connectivity index (χ2n) is 5.97. The number of nitrogen functional groups attached to an aromatic ring is 1. The first-order valence-corrected chi connectivity index (χ1v) is 8.34. The Bertz CT molecular complexity index is 527. The summed E-state index contributed by atoms with van der Waals surface area (Å²) in [5.41, 5.74) is 6.94. The molecule has 6 nitrogen and oxygen atoms in total. The lowest BCUT2D eigenvalue weighted by molar-refractivity contribution is -0.116. The lowest BCUT2D eigenvalue weighted by Gasteiger charge is -2.22. The molecular formula is C17H26N4O2. The molecule has 5 N–H and O–H groups in total. The van der Waals surface area contributed by atoms with Crippen molar-refractivity contribution < 1.29 is 9.59 Å². The number of amides is 3. The molecule has 0 aliphatic heterocycles. The average molecular weight is 318 g/mol. The van der Waals surface area contributed by atoms with E-state index >= 15 is 0 Å². The Kier molecular flexibility index (Phi) is 6.72. The van der Waals surface area contributed by atoms with E-state index in [0.29, 0.717) is 36.8 Å². The Hall–Kier alpha value is -2.24. The largest absolute Gasteiger partial charge is 0.397 e. The minimum atomic E-state index is -0.135. The number of rotatable bonds is 6. The lowest BCUT2D eigenvalue weighted by Crippen LogP contribution is -2.43. The van der Waals surface area contributed by atoms with Crippen LogP contribution in [0.25, 0.3) is 0 Å². The molecule has 1 aromatic carbocycles. The van der Waals surface area contributed by atoms with Crippen LogP contribution in [-0.2, 0) is 4.79 Å². The summed E-state index contributed by atoms with van der Waals surface area (Å²) < 4.78 is 0. The molecule has 126 valence electrons. The summed E-state index contributed by atoms with van der Waals surface area (Å²) >= 11 is 0. The fourth-order valence-electron chi connectivity index (χ4n) is 2.76. The molecule has 1 aliphatic rings. The molecule has 0 radical (unpaired) electrons. The zero-order chi connectivity index (χ0) is 16.5. The van der Waals surface area contributed by atoms with Crippen LogP contribution >= 0.6 is 0 Å². The van der Waals surface area contributed by atoms with Crippen molar-refractivity contribution in [1.29, 1.82) is 0 Å². The average Bonchev–Trinajstić information content (AvgIpc) is 2.55. The monoisotopic (exact) mass is 318 g/mol. The van der Waals surface area contributed by atoms with E-state index < -0.39 is 0 Å². The van der Waals surface area contributed by atoms with E-state index in [0.717, 1.165) is 12.8 Å². The second kappa shape index (κ2) is 9.02. The molecule has 0 aromatic heterocycles. The van der Waals surface area contributed by atoms with Crippen molar-refractivity contribution in [2.75, 3.05) is 17.6 Å². The number of hydrogen-bond acceptors (Lipinski definition) is 3.